The van der Waals surface area contributed by atoms with Crippen molar-refractivity contribution in [2.24, 2.45) is 7.05 Å². The van der Waals surface area contributed by atoms with Crippen LogP contribution in [0.1, 0.15) is 18.2 Å². The van der Waals surface area contributed by atoms with Crippen LogP contribution in [0.2, 0.25) is 0 Å². The van der Waals surface area contributed by atoms with E-state index in [-0.39, 0.29) is 0 Å². The molecule has 0 saturated heterocycles. The summed E-state index contributed by atoms with van der Waals surface area (Å²) in [5, 5.41) is 7.54. The Labute approximate surface area is 119 Å². The molecule has 0 aliphatic carbocycles. The Morgan fingerprint density at radius 1 is 1.30 bits per heavy atom. The van der Waals surface area contributed by atoms with Crippen molar-refractivity contribution in [3.63, 3.8) is 0 Å². The average Bonchev–Trinajstić information content (AvgIpc) is 2.67. The minimum Gasteiger partial charge on any atom is -0.494 e. The Hall–Kier alpha value is -2.01. The number of benzene rings is 1. The minimum atomic E-state index is 0.638. The van der Waals surface area contributed by atoms with Crippen LogP contribution < -0.4 is 14.8 Å². The van der Waals surface area contributed by atoms with Crippen molar-refractivity contribution in [3.05, 3.63) is 35.5 Å². The number of nitrogens with zero attached hydrogens (tertiary/aromatic N) is 2. The van der Waals surface area contributed by atoms with E-state index in [4.69, 9.17) is 9.47 Å². The Bertz CT molecular complexity index is 578. The van der Waals surface area contributed by atoms with Gasteiger partial charge in [0.05, 0.1) is 17.9 Å². The summed E-state index contributed by atoms with van der Waals surface area (Å²) < 4.78 is 13.2. The highest BCUT2D eigenvalue weighted by atomic mass is 16.5. The first-order valence-corrected chi connectivity index (χ1v) is 6.73. The average molecular weight is 275 g/mol. The number of aryl methyl sites for hydroxylation is 2. The molecule has 0 aliphatic heterocycles. The smallest absolute Gasteiger partial charge is 0.222 e. The Morgan fingerprint density at radius 2 is 2.05 bits per heavy atom. The summed E-state index contributed by atoms with van der Waals surface area (Å²) in [7, 11) is 3.79. The van der Waals surface area contributed by atoms with E-state index < -0.39 is 0 Å². The van der Waals surface area contributed by atoms with E-state index in [1.54, 1.807) is 4.68 Å². The Balaban J connectivity index is 2.27. The van der Waals surface area contributed by atoms with E-state index in [0.29, 0.717) is 6.61 Å². The predicted molar refractivity (Wildman–Crippen MR) is 78.4 cm³/mol. The maximum absolute atomic E-state index is 5.98. The van der Waals surface area contributed by atoms with Crippen molar-refractivity contribution in [3.8, 4) is 17.4 Å². The lowest BCUT2D eigenvalue weighted by molar-refractivity contribution is 0.337. The zero-order chi connectivity index (χ0) is 14.5. The Kier molecular flexibility index (Phi) is 4.63. The fourth-order valence-electron chi connectivity index (χ4n) is 2.09. The largest absolute Gasteiger partial charge is 0.494 e. The Morgan fingerprint density at radius 3 is 2.75 bits per heavy atom. The molecule has 0 bridgehead atoms. The standard InChI is InChI=1S/C15H21N3O2/c1-5-19-12-7-6-8-13(9-12)20-15-14(10-16-3)11(2)17-18(15)4/h6-9,16H,5,10H2,1-4H3. The zero-order valence-electron chi connectivity index (χ0n) is 12.4. The van der Waals surface area contributed by atoms with Gasteiger partial charge in [-0.05, 0) is 33.0 Å². The van der Waals surface area contributed by atoms with Gasteiger partial charge in [-0.15, -0.1) is 0 Å². The number of ether oxygens (including phenoxy) is 2. The molecule has 108 valence electrons. The van der Waals surface area contributed by atoms with Crippen molar-refractivity contribution < 1.29 is 9.47 Å². The van der Waals surface area contributed by atoms with Crippen molar-refractivity contribution in [2.75, 3.05) is 13.7 Å². The van der Waals surface area contributed by atoms with Gasteiger partial charge in [-0.25, -0.2) is 4.68 Å². The molecule has 2 aromatic rings. The monoisotopic (exact) mass is 275 g/mol. The van der Waals surface area contributed by atoms with Gasteiger partial charge in [0.25, 0.3) is 0 Å². The molecule has 1 heterocycles. The molecule has 0 amide bonds. The van der Waals surface area contributed by atoms with Crippen LogP contribution in [-0.4, -0.2) is 23.4 Å². The third-order valence-electron chi connectivity index (χ3n) is 2.97. The quantitative estimate of drug-likeness (QED) is 0.880. The summed E-state index contributed by atoms with van der Waals surface area (Å²) in [6.45, 7) is 5.30. The molecule has 1 N–H and O–H groups in total. The van der Waals surface area contributed by atoms with Crippen LogP contribution in [0.4, 0.5) is 0 Å². The van der Waals surface area contributed by atoms with Crippen molar-refractivity contribution >= 4 is 0 Å². The lowest BCUT2D eigenvalue weighted by Crippen LogP contribution is -2.07. The number of aromatic nitrogens is 2. The van der Waals surface area contributed by atoms with Gasteiger partial charge < -0.3 is 14.8 Å². The van der Waals surface area contributed by atoms with Gasteiger partial charge in [0, 0.05) is 19.7 Å². The van der Waals surface area contributed by atoms with Crippen LogP contribution in [0.3, 0.4) is 0 Å². The van der Waals surface area contributed by atoms with Crippen LogP contribution in [0, 0.1) is 6.92 Å². The number of hydrogen-bond donors (Lipinski definition) is 1. The topological polar surface area (TPSA) is 48.3 Å². The summed E-state index contributed by atoms with van der Waals surface area (Å²) >= 11 is 0. The van der Waals surface area contributed by atoms with E-state index in [2.05, 4.69) is 10.4 Å². The third kappa shape index (κ3) is 3.11. The molecular weight excluding hydrogens is 254 g/mol. The van der Waals surface area contributed by atoms with E-state index >= 15 is 0 Å². The van der Waals surface area contributed by atoms with Gasteiger partial charge in [0.15, 0.2) is 0 Å². The lowest BCUT2D eigenvalue weighted by atomic mass is 10.2. The fourth-order valence-corrected chi connectivity index (χ4v) is 2.09. The van der Waals surface area contributed by atoms with Gasteiger partial charge in [-0.1, -0.05) is 6.07 Å². The second kappa shape index (κ2) is 6.43. The molecule has 1 aromatic heterocycles. The van der Waals surface area contributed by atoms with E-state index in [1.807, 2.05) is 52.2 Å². The molecular formula is C15H21N3O2. The highest BCUT2D eigenvalue weighted by Crippen LogP contribution is 2.29. The van der Waals surface area contributed by atoms with E-state index in [0.717, 1.165) is 35.2 Å². The molecule has 20 heavy (non-hydrogen) atoms. The first-order chi connectivity index (χ1) is 9.65. The summed E-state index contributed by atoms with van der Waals surface area (Å²) in [6.07, 6.45) is 0. The summed E-state index contributed by atoms with van der Waals surface area (Å²) in [5.74, 6) is 2.31. The van der Waals surface area contributed by atoms with Gasteiger partial charge in [-0.3, -0.25) is 0 Å². The second-order valence-electron chi connectivity index (χ2n) is 4.53. The van der Waals surface area contributed by atoms with E-state index in [1.165, 1.54) is 0 Å². The lowest BCUT2D eigenvalue weighted by Gasteiger charge is -2.10. The molecule has 0 unspecified atom stereocenters. The van der Waals surface area contributed by atoms with E-state index in [9.17, 15) is 0 Å². The molecule has 0 aliphatic rings. The highest BCUT2D eigenvalue weighted by Gasteiger charge is 2.14. The molecule has 0 radical (unpaired) electrons. The third-order valence-corrected chi connectivity index (χ3v) is 2.97. The summed E-state index contributed by atoms with van der Waals surface area (Å²) in [5.41, 5.74) is 2.04. The fraction of sp³-hybridized carbons (Fsp3) is 0.400. The molecule has 0 saturated carbocycles. The molecule has 2 rings (SSSR count). The van der Waals surface area contributed by atoms with Crippen LogP contribution in [0.15, 0.2) is 24.3 Å². The highest BCUT2D eigenvalue weighted by molar-refractivity contribution is 5.38. The van der Waals surface area contributed by atoms with Crippen LogP contribution >= 0.6 is 0 Å². The molecule has 1 aromatic carbocycles. The van der Waals surface area contributed by atoms with Crippen LogP contribution in [-0.2, 0) is 13.6 Å². The number of rotatable bonds is 6. The van der Waals surface area contributed by atoms with Crippen LogP contribution in [0.5, 0.6) is 17.4 Å². The van der Waals surface area contributed by atoms with Gasteiger partial charge >= 0.3 is 0 Å². The van der Waals surface area contributed by atoms with Gasteiger partial charge in [-0.2, -0.15) is 5.10 Å². The first-order valence-electron chi connectivity index (χ1n) is 6.73. The number of nitrogens with one attached hydrogen (secondary N) is 1. The normalized spacial score (nSPS) is 10.6. The van der Waals surface area contributed by atoms with Crippen molar-refractivity contribution in [1.29, 1.82) is 0 Å². The molecule has 0 atom stereocenters. The molecule has 5 nitrogen and oxygen atoms in total. The predicted octanol–water partition coefficient (Wildman–Crippen LogP) is 2.64. The maximum atomic E-state index is 5.98. The SMILES string of the molecule is CCOc1cccc(Oc2c(CNC)c(C)nn2C)c1. The summed E-state index contributed by atoms with van der Waals surface area (Å²) in [4.78, 5) is 0. The number of hydrogen-bond acceptors (Lipinski definition) is 4. The van der Waals surface area contributed by atoms with Crippen molar-refractivity contribution in [2.45, 2.75) is 20.4 Å². The molecule has 0 fully saturated rings. The maximum Gasteiger partial charge on any atom is 0.222 e. The van der Waals surface area contributed by atoms with Crippen molar-refractivity contribution in [1.82, 2.24) is 15.1 Å². The molecule has 5 heteroatoms. The van der Waals surface area contributed by atoms with Gasteiger partial charge in [0.2, 0.25) is 5.88 Å². The zero-order valence-corrected chi connectivity index (χ0v) is 12.4. The summed E-state index contributed by atoms with van der Waals surface area (Å²) in [6, 6.07) is 7.63. The van der Waals surface area contributed by atoms with Crippen LogP contribution in [0.25, 0.3) is 0 Å². The minimum absolute atomic E-state index is 0.638. The first kappa shape index (κ1) is 14.4. The second-order valence-corrected chi connectivity index (χ2v) is 4.53. The molecule has 0 spiro atoms. The van der Waals surface area contributed by atoms with Gasteiger partial charge in [0.1, 0.15) is 11.5 Å².